The first-order valence-corrected chi connectivity index (χ1v) is 10.2. The van der Waals surface area contributed by atoms with Crippen LogP contribution in [0.4, 0.5) is 0 Å². The highest BCUT2D eigenvalue weighted by Gasteiger charge is 2.51. The Labute approximate surface area is 167 Å². The number of hydrogen-bond donors (Lipinski definition) is 0. The summed E-state index contributed by atoms with van der Waals surface area (Å²) in [4.78, 5) is 22.4. The fourth-order valence-corrected chi connectivity index (χ4v) is 4.80. The number of carbonyl (C=O) groups is 1. The van der Waals surface area contributed by atoms with Crippen LogP contribution in [-0.2, 0) is 16.1 Å². The summed E-state index contributed by atoms with van der Waals surface area (Å²) in [6.45, 7) is 4.14. The SMILES string of the molecule is COCCN1C(=O)[C@H](c2ccccc2)CC12CCN(Cc1ccccn1)CC2. The maximum Gasteiger partial charge on any atom is 0.230 e. The van der Waals surface area contributed by atoms with Crippen molar-refractivity contribution in [2.24, 2.45) is 0 Å². The minimum absolute atomic E-state index is 0.0274. The summed E-state index contributed by atoms with van der Waals surface area (Å²) >= 11 is 0. The first-order valence-electron chi connectivity index (χ1n) is 10.2. The van der Waals surface area contributed by atoms with E-state index in [1.54, 1.807) is 7.11 Å². The fourth-order valence-electron chi connectivity index (χ4n) is 4.80. The van der Waals surface area contributed by atoms with Crippen molar-refractivity contribution in [3.8, 4) is 0 Å². The monoisotopic (exact) mass is 379 g/mol. The molecule has 1 amide bonds. The van der Waals surface area contributed by atoms with E-state index < -0.39 is 0 Å². The molecule has 5 nitrogen and oxygen atoms in total. The molecule has 2 fully saturated rings. The molecule has 4 rings (SSSR count). The molecule has 0 bridgehead atoms. The van der Waals surface area contributed by atoms with E-state index in [9.17, 15) is 4.79 Å². The molecule has 0 radical (unpaired) electrons. The molecule has 1 aromatic carbocycles. The van der Waals surface area contributed by atoms with E-state index >= 15 is 0 Å². The van der Waals surface area contributed by atoms with Gasteiger partial charge in [-0.1, -0.05) is 36.4 Å². The van der Waals surface area contributed by atoms with Crippen LogP contribution in [0.25, 0.3) is 0 Å². The molecule has 5 heteroatoms. The lowest BCUT2D eigenvalue weighted by atomic mass is 9.81. The predicted molar refractivity (Wildman–Crippen MR) is 109 cm³/mol. The molecule has 2 saturated heterocycles. The number of benzene rings is 1. The summed E-state index contributed by atoms with van der Waals surface area (Å²) in [5.41, 5.74) is 2.21. The van der Waals surface area contributed by atoms with Gasteiger partial charge in [-0.3, -0.25) is 14.7 Å². The zero-order valence-corrected chi connectivity index (χ0v) is 16.6. The number of carbonyl (C=O) groups excluding carboxylic acids is 1. The standard InChI is InChI=1S/C23H29N3O2/c1-28-16-15-26-22(27)21(19-7-3-2-4-8-19)17-23(26)10-13-25(14-11-23)18-20-9-5-6-12-24-20/h2-9,12,21H,10-11,13-18H2,1H3/t21-/m0/s1. The normalized spacial score (nSPS) is 22.1. The average Bonchev–Trinajstić information content (AvgIpc) is 3.01. The van der Waals surface area contributed by atoms with Gasteiger partial charge in [0.25, 0.3) is 0 Å². The Morgan fingerprint density at radius 1 is 1.11 bits per heavy atom. The Morgan fingerprint density at radius 2 is 1.86 bits per heavy atom. The molecule has 0 aliphatic carbocycles. The second-order valence-corrected chi connectivity index (χ2v) is 7.97. The predicted octanol–water partition coefficient (Wildman–Crippen LogP) is 3.08. The van der Waals surface area contributed by atoms with Gasteiger partial charge in [0.2, 0.25) is 5.91 Å². The van der Waals surface area contributed by atoms with E-state index in [0.717, 1.165) is 50.2 Å². The van der Waals surface area contributed by atoms with Crippen LogP contribution in [0.2, 0.25) is 0 Å². The van der Waals surface area contributed by atoms with Gasteiger partial charge in [0, 0.05) is 45.0 Å². The van der Waals surface area contributed by atoms with Crippen molar-refractivity contribution in [2.45, 2.75) is 37.3 Å². The Morgan fingerprint density at radius 3 is 2.54 bits per heavy atom. The molecule has 1 atom stereocenters. The van der Waals surface area contributed by atoms with Gasteiger partial charge in [-0.2, -0.15) is 0 Å². The van der Waals surface area contributed by atoms with E-state index in [0.29, 0.717) is 13.2 Å². The molecular weight excluding hydrogens is 350 g/mol. The molecule has 0 unspecified atom stereocenters. The van der Waals surface area contributed by atoms with E-state index in [4.69, 9.17) is 4.74 Å². The van der Waals surface area contributed by atoms with E-state index in [1.165, 1.54) is 0 Å². The maximum atomic E-state index is 13.3. The number of rotatable bonds is 6. The largest absolute Gasteiger partial charge is 0.383 e. The fraction of sp³-hybridized carbons (Fsp3) is 0.478. The number of methoxy groups -OCH3 is 1. The van der Waals surface area contributed by atoms with Crippen molar-refractivity contribution < 1.29 is 9.53 Å². The third kappa shape index (κ3) is 3.82. The second kappa shape index (κ2) is 8.41. The quantitative estimate of drug-likeness (QED) is 0.774. The van der Waals surface area contributed by atoms with Gasteiger partial charge >= 0.3 is 0 Å². The van der Waals surface area contributed by atoms with Crippen LogP contribution >= 0.6 is 0 Å². The molecule has 0 N–H and O–H groups in total. The number of hydrogen-bond acceptors (Lipinski definition) is 4. The van der Waals surface area contributed by atoms with Gasteiger partial charge in [-0.05, 0) is 37.0 Å². The lowest BCUT2D eigenvalue weighted by molar-refractivity contribution is -0.134. The lowest BCUT2D eigenvalue weighted by Gasteiger charge is -2.45. The van der Waals surface area contributed by atoms with Crippen molar-refractivity contribution in [1.29, 1.82) is 0 Å². The Balaban J connectivity index is 1.49. The van der Waals surface area contributed by atoms with Gasteiger partial charge in [0.15, 0.2) is 0 Å². The number of ether oxygens (including phenoxy) is 1. The summed E-state index contributed by atoms with van der Waals surface area (Å²) < 4.78 is 5.31. The van der Waals surface area contributed by atoms with Crippen molar-refractivity contribution in [2.75, 3.05) is 33.4 Å². The third-order valence-corrected chi connectivity index (χ3v) is 6.34. The summed E-state index contributed by atoms with van der Waals surface area (Å²) in [6.07, 6.45) is 4.79. The molecule has 1 aromatic heterocycles. The Kier molecular flexibility index (Phi) is 5.74. The number of likely N-dealkylation sites (tertiary alicyclic amines) is 2. The van der Waals surface area contributed by atoms with Crippen LogP contribution in [0, 0.1) is 0 Å². The number of piperidine rings is 1. The van der Waals surface area contributed by atoms with Gasteiger partial charge < -0.3 is 9.64 Å². The molecule has 2 aromatic rings. The molecular formula is C23H29N3O2. The summed E-state index contributed by atoms with van der Waals surface area (Å²) in [5, 5.41) is 0. The molecule has 1 spiro atoms. The highest BCUT2D eigenvalue weighted by atomic mass is 16.5. The number of pyridine rings is 1. The van der Waals surface area contributed by atoms with Crippen LogP contribution in [0.1, 0.15) is 36.4 Å². The zero-order valence-electron chi connectivity index (χ0n) is 16.6. The van der Waals surface area contributed by atoms with Gasteiger partial charge in [0.05, 0.1) is 18.2 Å². The zero-order chi connectivity index (χ0) is 19.4. The minimum Gasteiger partial charge on any atom is -0.383 e. The van der Waals surface area contributed by atoms with Crippen LogP contribution in [-0.4, -0.2) is 59.6 Å². The molecule has 28 heavy (non-hydrogen) atoms. The minimum atomic E-state index is -0.0449. The first kappa shape index (κ1) is 19.1. The number of nitrogens with zero attached hydrogens (tertiary/aromatic N) is 3. The summed E-state index contributed by atoms with van der Waals surface area (Å²) in [6, 6.07) is 16.3. The number of amides is 1. The lowest BCUT2D eigenvalue weighted by Crippen LogP contribution is -2.53. The van der Waals surface area contributed by atoms with Crippen LogP contribution < -0.4 is 0 Å². The molecule has 2 aliphatic heterocycles. The number of aromatic nitrogens is 1. The Bertz CT molecular complexity index is 773. The summed E-state index contributed by atoms with van der Waals surface area (Å²) in [7, 11) is 1.71. The molecule has 0 saturated carbocycles. The maximum absolute atomic E-state index is 13.3. The van der Waals surface area contributed by atoms with E-state index in [1.807, 2.05) is 36.5 Å². The van der Waals surface area contributed by atoms with Crippen molar-refractivity contribution in [3.63, 3.8) is 0 Å². The van der Waals surface area contributed by atoms with Crippen molar-refractivity contribution >= 4 is 5.91 Å². The van der Waals surface area contributed by atoms with Gasteiger partial charge in [-0.25, -0.2) is 0 Å². The van der Waals surface area contributed by atoms with Crippen LogP contribution in [0.15, 0.2) is 54.7 Å². The van der Waals surface area contributed by atoms with Gasteiger partial charge in [0.1, 0.15) is 0 Å². The molecule has 2 aliphatic rings. The smallest absolute Gasteiger partial charge is 0.230 e. The molecule has 3 heterocycles. The van der Waals surface area contributed by atoms with Crippen LogP contribution in [0.5, 0.6) is 0 Å². The van der Waals surface area contributed by atoms with Crippen LogP contribution in [0.3, 0.4) is 0 Å². The topological polar surface area (TPSA) is 45.7 Å². The summed E-state index contributed by atoms with van der Waals surface area (Å²) in [5.74, 6) is 0.238. The highest BCUT2D eigenvalue weighted by Crippen LogP contribution is 2.45. The Hall–Kier alpha value is -2.24. The second-order valence-electron chi connectivity index (χ2n) is 7.97. The third-order valence-electron chi connectivity index (χ3n) is 6.34. The van der Waals surface area contributed by atoms with E-state index in [-0.39, 0.29) is 17.4 Å². The average molecular weight is 380 g/mol. The first-order chi connectivity index (χ1) is 13.7. The van der Waals surface area contributed by atoms with Crippen molar-refractivity contribution in [3.05, 3.63) is 66.0 Å². The van der Waals surface area contributed by atoms with E-state index in [2.05, 4.69) is 33.0 Å². The molecule has 148 valence electrons. The van der Waals surface area contributed by atoms with Crippen molar-refractivity contribution in [1.82, 2.24) is 14.8 Å². The highest BCUT2D eigenvalue weighted by molar-refractivity contribution is 5.87. The van der Waals surface area contributed by atoms with Gasteiger partial charge in [-0.15, -0.1) is 0 Å².